The fourth-order valence-electron chi connectivity index (χ4n) is 3.43. The third kappa shape index (κ3) is 2.54. The molecule has 3 rings (SSSR count). The Balaban J connectivity index is 1.82. The number of nitrogens with zero attached hydrogens (tertiary/aromatic N) is 2. The van der Waals surface area contributed by atoms with Gasteiger partial charge < -0.3 is 10.6 Å². The van der Waals surface area contributed by atoms with Gasteiger partial charge in [-0.25, -0.2) is 0 Å². The molecule has 0 aliphatic carbocycles. The number of hydrogen-bond donors (Lipinski definition) is 1. The van der Waals surface area contributed by atoms with Crippen molar-refractivity contribution in [3.05, 3.63) is 28.2 Å². The van der Waals surface area contributed by atoms with Crippen LogP contribution in [0.25, 0.3) is 0 Å². The first-order valence-electron chi connectivity index (χ1n) is 7.18. The summed E-state index contributed by atoms with van der Waals surface area (Å²) >= 11 is 3.63. The van der Waals surface area contributed by atoms with Gasteiger partial charge in [-0.3, -0.25) is 4.90 Å². The molecule has 19 heavy (non-hydrogen) atoms. The van der Waals surface area contributed by atoms with E-state index in [0.717, 1.165) is 17.1 Å². The van der Waals surface area contributed by atoms with Crippen LogP contribution in [-0.2, 0) is 6.54 Å². The minimum atomic E-state index is 0.588. The van der Waals surface area contributed by atoms with Gasteiger partial charge in [-0.15, -0.1) is 0 Å². The van der Waals surface area contributed by atoms with Gasteiger partial charge in [0.25, 0.3) is 0 Å². The van der Waals surface area contributed by atoms with Gasteiger partial charge in [0, 0.05) is 41.9 Å². The van der Waals surface area contributed by atoms with E-state index in [1.807, 2.05) is 0 Å². The molecule has 2 aliphatic heterocycles. The maximum atomic E-state index is 5.73. The molecule has 0 aromatic heterocycles. The molecule has 0 spiro atoms. The van der Waals surface area contributed by atoms with Gasteiger partial charge in [0.15, 0.2) is 0 Å². The van der Waals surface area contributed by atoms with Crippen molar-refractivity contribution in [1.82, 2.24) is 4.90 Å². The third-order valence-corrected chi connectivity index (χ3v) is 5.26. The number of halogens is 1. The largest absolute Gasteiger partial charge is 0.366 e. The van der Waals surface area contributed by atoms with Crippen LogP contribution in [0, 0.1) is 0 Å². The quantitative estimate of drug-likeness (QED) is 0.908. The highest BCUT2D eigenvalue weighted by molar-refractivity contribution is 9.10. The molecule has 1 aromatic carbocycles. The van der Waals surface area contributed by atoms with Crippen LogP contribution in [0.3, 0.4) is 0 Å². The van der Waals surface area contributed by atoms with E-state index in [-0.39, 0.29) is 0 Å². The Kier molecular flexibility index (Phi) is 3.83. The monoisotopic (exact) mass is 323 g/mol. The second-order valence-electron chi connectivity index (χ2n) is 5.77. The molecule has 2 atom stereocenters. The molecule has 2 saturated heterocycles. The van der Waals surface area contributed by atoms with E-state index >= 15 is 0 Å². The Morgan fingerprint density at radius 2 is 2.21 bits per heavy atom. The molecule has 2 fully saturated rings. The van der Waals surface area contributed by atoms with Crippen molar-refractivity contribution in [2.75, 3.05) is 24.5 Å². The number of anilines is 1. The predicted molar refractivity (Wildman–Crippen MR) is 83.4 cm³/mol. The molecule has 2 unspecified atom stereocenters. The highest BCUT2D eigenvalue weighted by atomic mass is 79.9. The van der Waals surface area contributed by atoms with Crippen molar-refractivity contribution >= 4 is 21.6 Å². The number of piperazine rings is 1. The third-order valence-electron chi connectivity index (χ3n) is 4.53. The Labute approximate surface area is 123 Å². The summed E-state index contributed by atoms with van der Waals surface area (Å²) < 4.78 is 1.13. The van der Waals surface area contributed by atoms with Crippen molar-refractivity contribution in [2.45, 2.75) is 38.4 Å². The summed E-state index contributed by atoms with van der Waals surface area (Å²) in [6, 6.07) is 7.93. The van der Waals surface area contributed by atoms with Crippen LogP contribution in [0.5, 0.6) is 0 Å². The zero-order chi connectivity index (χ0) is 13.4. The van der Waals surface area contributed by atoms with Crippen molar-refractivity contribution in [2.24, 2.45) is 5.73 Å². The number of nitrogens with two attached hydrogens (primary N) is 1. The molecule has 1 aromatic rings. The van der Waals surface area contributed by atoms with Crippen LogP contribution in [0.4, 0.5) is 5.69 Å². The van der Waals surface area contributed by atoms with E-state index in [1.54, 1.807) is 0 Å². The van der Waals surface area contributed by atoms with Crippen LogP contribution < -0.4 is 10.6 Å². The molecule has 4 heteroatoms. The summed E-state index contributed by atoms with van der Waals surface area (Å²) in [5, 5.41) is 0. The first-order chi connectivity index (χ1) is 9.19. The van der Waals surface area contributed by atoms with Gasteiger partial charge in [-0.2, -0.15) is 0 Å². The summed E-state index contributed by atoms with van der Waals surface area (Å²) in [5.74, 6) is 0. The number of rotatable bonds is 2. The highest BCUT2D eigenvalue weighted by Crippen LogP contribution is 2.31. The van der Waals surface area contributed by atoms with E-state index in [1.165, 1.54) is 37.2 Å². The zero-order valence-corrected chi connectivity index (χ0v) is 13.1. The summed E-state index contributed by atoms with van der Waals surface area (Å²) in [6.45, 7) is 6.57. The average Bonchev–Trinajstić information content (AvgIpc) is 2.84. The Morgan fingerprint density at radius 1 is 1.37 bits per heavy atom. The molecule has 0 amide bonds. The maximum Gasteiger partial charge on any atom is 0.0389 e. The SMILES string of the molecule is CC1CN2CCCC2CN1c1ccc(CN)c(Br)c1. The lowest BCUT2D eigenvalue weighted by atomic mass is 10.1. The van der Waals surface area contributed by atoms with E-state index in [4.69, 9.17) is 5.73 Å². The molecule has 2 heterocycles. The highest BCUT2D eigenvalue weighted by Gasteiger charge is 2.34. The fraction of sp³-hybridized carbons (Fsp3) is 0.600. The molecule has 3 nitrogen and oxygen atoms in total. The van der Waals surface area contributed by atoms with E-state index < -0.39 is 0 Å². The first-order valence-corrected chi connectivity index (χ1v) is 7.97. The fourth-order valence-corrected chi connectivity index (χ4v) is 3.96. The lowest BCUT2D eigenvalue weighted by Gasteiger charge is -2.43. The molecule has 2 N–H and O–H groups in total. The summed E-state index contributed by atoms with van der Waals surface area (Å²) in [5.41, 5.74) is 8.23. The summed E-state index contributed by atoms with van der Waals surface area (Å²) in [4.78, 5) is 5.21. The lowest BCUT2D eigenvalue weighted by molar-refractivity contribution is 0.203. The van der Waals surface area contributed by atoms with Crippen LogP contribution >= 0.6 is 15.9 Å². The molecule has 2 aliphatic rings. The second-order valence-corrected chi connectivity index (χ2v) is 6.63. The minimum absolute atomic E-state index is 0.588. The second kappa shape index (κ2) is 5.43. The number of fused-ring (bicyclic) bond motifs is 1. The van der Waals surface area contributed by atoms with Crippen molar-refractivity contribution in [1.29, 1.82) is 0 Å². The lowest BCUT2D eigenvalue weighted by Crippen LogP contribution is -2.55. The smallest absolute Gasteiger partial charge is 0.0389 e. The number of hydrogen-bond acceptors (Lipinski definition) is 3. The standard InChI is InChI=1S/C15H22BrN3/c1-11-9-18-6-2-3-14(18)10-19(11)13-5-4-12(8-17)15(16)7-13/h4-5,7,11,14H,2-3,6,8-10,17H2,1H3. The molecule has 0 saturated carbocycles. The van der Waals surface area contributed by atoms with Crippen LogP contribution in [-0.4, -0.2) is 36.6 Å². The number of benzene rings is 1. The molecular weight excluding hydrogens is 302 g/mol. The first kappa shape index (κ1) is 13.4. The van der Waals surface area contributed by atoms with Crippen LogP contribution in [0.1, 0.15) is 25.3 Å². The van der Waals surface area contributed by atoms with E-state index in [2.05, 4.69) is 50.9 Å². The molecule has 0 bridgehead atoms. The Bertz CT molecular complexity index is 463. The summed E-state index contributed by atoms with van der Waals surface area (Å²) in [6.07, 6.45) is 2.71. The minimum Gasteiger partial charge on any atom is -0.366 e. The topological polar surface area (TPSA) is 32.5 Å². The van der Waals surface area contributed by atoms with Gasteiger partial charge in [-0.1, -0.05) is 22.0 Å². The van der Waals surface area contributed by atoms with Crippen molar-refractivity contribution in [3.8, 4) is 0 Å². The van der Waals surface area contributed by atoms with E-state index in [9.17, 15) is 0 Å². The van der Waals surface area contributed by atoms with Gasteiger partial charge >= 0.3 is 0 Å². The molecule has 0 radical (unpaired) electrons. The zero-order valence-electron chi connectivity index (χ0n) is 11.5. The van der Waals surface area contributed by atoms with Gasteiger partial charge in [-0.05, 0) is 44.0 Å². The summed E-state index contributed by atoms with van der Waals surface area (Å²) in [7, 11) is 0. The van der Waals surface area contributed by atoms with Crippen LogP contribution in [0.15, 0.2) is 22.7 Å². The van der Waals surface area contributed by atoms with Gasteiger partial charge in [0.05, 0.1) is 0 Å². The van der Waals surface area contributed by atoms with E-state index in [0.29, 0.717) is 12.6 Å². The predicted octanol–water partition coefficient (Wildman–Crippen LogP) is 2.58. The Morgan fingerprint density at radius 3 is 2.95 bits per heavy atom. The average molecular weight is 324 g/mol. The van der Waals surface area contributed by atoms with Crippen LogP contribution in [0.2, 0.25) is 0 Å². The van der Waals surface area contributed by atoms with Crippen molar-refractivity contribution in [3.63, 3.8) is 0 Å². The van der Waals surface area contributed by atoms with Gasteiger partial charge in [0.2, 0.25) is 0 Å². The normalized spacial score (nSPS) is 27.6. The van der Waals surface area contributed by atoms with Gasteiger partial charge in [0.1, 0.15) is 0 Å². The maximum absolute atomic E-state index is 5.73. The molecular formula is C15H22BrN3. The Hall–Kier alpha value is -0.580. The van der Waals surface area contributed by atoms with Crippen molar-refractivity contribution < 1.29 is 0 Å². The molecule has 104 valence electrons.